The number of hydrogen-bond acceptors (Lipinski definition) is 3. The Bertz CT molecular complexity index is 374. The fourth-order valence-electron chi connectivity index (χ4n) is 1.41. The lowest BCUT2D eigenvalue weighted by Gasteiger charge is -2.13. The van der Waals surface area contributed by atoms with Crippen LogP contribution < -0.4 is 5.32 Å². The molecule has 0 heterocycles. The molecule has 0 aliphatic carbocycles. The molecule has 0 atom stereocenters. The van der Waals surface area contributed by atoms with Gasteiger partial charge in [-0.25, -0.2) is 0 Å². The van der Waals surface area contributed by atoms with Gasteiger partial charge in [0.2, 0.25) is 0 Å². The highest BCUT2D eigenvalue weighted by atomic mass is 16.5. The molecule has 1 N–H and O–H groups in total. The lowest BCUT2D eigenvalue weighted by molar-refractivity contribution is -0.135. The maximum Gasteiger partial charge on any atom is 0.293 e. The first-order valence-corrected chi connectivity index (χ1v) is 5.09. The summed E-state index contributed by atoms with van der Waals surface area (Å²) < 4.78 is 4.38. The van der Waals surface area contributed by atoms with Gasteiger partial charge in [0, 0.05) is 5.69 Å². The Labute approximate surface area is 94.6 Å². The highest BCUT2D eigenvalue weighted by Gasteiger charge is 2.08. The third-order valence-corrected chi connectivity index (χ3v) is 2.14. The number of hydrogen-bond donors (Lipinski definition) is 1. The molecule has 0 unspecified atom stereocenters. The van der Waals surface area contributed by atoms with Crippen molar-refractivity contribution in [2.45, 2.75) is 19.8 Å². The van der Waals surface area contributed by atoms with Crippen LogP contribution in [0.5, 0.6) is 0 Å². The van der Waals surface area contributed by atoms with Gasteiger partial charge in [-0.3, -0.25) is 9.59 Å². The van der Waals surface area contributed by atoms with Gasteiger partial charge in [-0.2, -0.15) is 0 Å². The minimum Gasteiger partial charge on any atom is -0.458 e. The highest BCUT2D eigenvalue weighted by molar-refractivity contribution is 5.92. The quantitative estimate of drug-likeness (QED) is 0.773. The molecule has 1 aromatic rings. The van der Waals surface area contributed by atoms with Crippen molar-refractivity contribution >= 4 is 18.1 Å². The molecule has 0 aromatic heterocycles. The summed E-state index contributed by atoms with van der Waals surface area (Å²) in [5.74, 6) is -0.0105. The van der Waals surface area contributed by atoms with E-state index in [2.05, 4.69) is 10.1 Å². The molecule has 0 radical (unpaired) electrons. The first kappa shape index (κ1) is 12.2. The fourth-order valence-corrected chi connectivity index (χ4v) is 1.41. The Morgan fingerprint density at radius 1 is 1.44 bits per heavy atom. The van der Waals surface area contributed by atoms with Crippen molar-refractivity contribution in [2.24, 2.45) is 0 Å². The predicted octanol–water partition coefficient (Wildman–Crippen LogP) is 1.92. The minimum absolute atomic E-state index is 0.254. The van der Waals surface area contributed by atoms with E-state index in [4.69, 9.17) is 0 Å². The predicted molar refractivity (Wildman–Crippen MR) is 61.2 cm³/mol. The van der Waals surface area contributed by atoms with Crippen molar-refractivity contribution in [3.05, 3.63) is 29.8 Å². The van der Waals surface area contributed by atoms with Crippen LogP contribution in [-0.4, -0.2) is 19.0 Å². The minimum atomic E-state index is -0.333. The molecular formula is C12H15NO3. The van der Waals surface area contributed by atoms with E-state index in [-0.39, 0.29) is 19.0 Å². The first-order chi connectivity index (χ1) is 7.65. The number of carbonyl (C=O) groups is 2. The summed E-state index contributed by atoms with van der Waals surface area (Å²) in [4.78, 5) is 21.3. The molecule has 0 spiro atoms. The van der Waals surface area contributed by atoms with Gasteiger partial charge in [0.1, 0.15) is 0 Å². The number of benzene rings is 1. The van der Waals surface area contributed by atoms with Crippen LogP contribution in [0.25, 0.3) is 0 Å². The highest BCUT2D eigenvalue weighted by Crippen LogP contribution is 2.23. The van der Waals surface area contributed by atoms with E-state index in [0.717, 1.165) is 11.3 Å². The number of anilines is 1. The summed E-state index contributed by atoms with van der Waals surface area (Å²) in [7, 11) is 0. The van der Waals surface area contributed by atoms with Gasteiger partial charge in [0.05, 0.1) is 0 Å². The van der Waals surface area contributed by atoms with Crippen LogP contribution in [0.2, 0.25) is 0 Å². The molecule has 0 fully saturated rings. The van der Waals surface area contributed by atoms with Gasteiger partial charge in [0.15, 0.2) is 6.61 Å². The van der Waals surface area contributed by atoms with Gasteiger partial charge in [-0.05, 0) is 17.5 Å². The lowest BCUT2D eigenvalue weighted by Crippen LogP contribution is -2.18. The Balaban J connectivity index is 2.72. The number of rotatable bonds is 5. The van der Waals surface area contributed by atoms with Gasteiger partial charge in [-0.15, -0.1) is 0 Å². The molecule has 1 aromatic carbocycles. The first-order valence-electron chi connectivity index (χ1n) is 5.09. The van der Waals surface area contributed by atoms with Crippen molar-refractivity contribution in [1.29, 1.82) is 0 Å². The standard InChI is InChI=1S/C12H15NO3/c1-9(2)10-5-3-4-6-11(10)13-12(15)7-16-8-14/h3-6,8-9H,7H2,1-2H3,(H,13,15). The van der Waals surface area contributed by atoms with Gasteiger partial charge < -0.3 is 10.1 Å². The molecule has 0 aliphatic rings. The second-order valence-corrected chi connectivity index (χ2v) is 3.70. The van der Waals surface area contributed by atoms with Crippen LogP contribution in [0.15, 0.2) is 24.3 Å². The number of para-hydroxylation sites is 1. The third kappa shape index (κ3) is 3.38. The molecule has 1 rings (SSSR count). The van der Waals surface area contributed by atoms with E-state index >= 15 is 0 Å². The molecule has 4 heteroatoms. The monoisotopic (exact) mass is 221 g/mol. The topological polar surface area (TPSA) is 55.4 Å². The molecule has 0 saturated heterocycles. The van der Waals surface area contributed by atoms with Crippen LogP contribution in [0.3, 0.4) is 0 Å². The number of ether oxygens (including phenoxy) is 1. The van der Waals surface area contributed by atoms with Crippen molar-refractivity contribution in [2.75, 3.05) is 11.9 Å². The normalized spacial score (nSPS) is 9.94. The summed E-state index contributed by atoms with van der Waals surface area (Å²) in [5.41, 5.74) is 1.82. The zero-order valence-electron chi connectivity index (χ0n) is 9.40. The zero-order chi connectivity index (χ0) is 12.0. The van der Waals surface area contributed by atoms with Crippen LogP contribution in [0.4, 0.5) is 5.69 Å². The summed E-state index contributed by atoms with van der Waals surface area (Å²) in [5, 5.41) is 2.70. The van der Waals surface area contributed by atoms with Crippen LogP contribution in [0.1, 0.15) is 25.3 Å². The second-order valence-electron chi connectivity index (χ2n) is 3.70. The van der Waals surface area contributed by atoms with Gasteiger partial charge in [0.25, 0.3) is 12.4 Å². The van der Waals surface area contributed by atoms with Crippen LogP contribution in [0, 0.1) is 0 Å². The van der Waals surface area contributed by atoms with E-state index in [1.807, 2.05) is 38.1 Å². The van der Waals surface area contributed by atoms with Crippen molar-refractivity contribution < 1.29 is 14.3 Å². The summed E-state index contributed by atoms with van der Waals surface area (Å²) in [6.45, 7) is 4.10. The molecular weight excluding hydrogens is 206 g/mol. The largest absolute Gasteiger partial charge is 0.458 e. The van der Waals surface area contributed by atoms with Crippen molar-refractivity contribution in [3.8, 4) is 0 Å². The molecule has 0 aliphatic heterocycles. The number of amides is 1. The van der Waals surface area contributed by atoms with E-state index in [1.165, 1.54) is 0 Å². The molecule has 4 nitrogen and oxygen atoms in total. The second kappa shape index (κ2) is 5.90. The average molecular weight is 221 g/mol. The van der Waals surface area contributed by atoms with Gasteiger partial charge in [-0.1, -0.05) is 32.0 Å². The summed E-state index contributed by atoms with van der Waals surface area (Å²) in [6, 6.07) is 7.56. The Morgan fingerprint density at radius 2 is 2.12 bits per heavy atom. The van der Waals surface area contributed by atoms with Crippen LogP contribution in [-0.2, 0) is 14.3 Å². The zero-order valence-corrected chi connectivity index (χ0v) is 9.40. The van der Waals surface area contributed by atoms with E-state index in [9.17, 15) is 9.59 Å². The maximum atomic E-state index is 11.4. The molecule has 86 valence electrons. The Morgan fingerprint density at radius 3 is 2.75 bits per heavy atom. The van der Waals surface area contributed by atoms with Crippen molar-refractivity contribution in [3.63, 3.8) is 0 Å². The van der Waals surface area contributed by atoms with Crippen LogP contribution >= 0.6 is 0 Å². The molecule has 16 heavy (non-hydrogen) atoms. The Hall–Kier alpha value is -1.84. The maximum absolute atomic E-state index is 11.4. The lowest BCUT2D eigenvalue weighted by atomic mass is 10.0. The van der Waals surface area contributed by atoms with Gasteiger partial charge >= 0.3 is 0 Å². The van der Waals surface area contributed by atoms with E-state index in [1.54, 1.807) is 0 Å². The summed E-state index contributed by atoms with van der Waals surface area (Å²) in [6.07, 6.45) is 0. The third-order valence-electron chi connectivity index (χ3n) is 2.14. The molecule has 0 bridgehead atoms. The average Bonchev–Trinajstić information content (AvgIpc) is 2.27. The number of nitrogens with one attached hydrogen (secondary N) is 1. The summed E-state index contributed by atoms with van der Waals surface area (Å²) >= 11 is 0. The Kier molecular flexibility index (Phi) is 4.51. The van der Waals surface area contributed by atoms with E-state index < -0.39 is 0 Å². The SMILES string of the molecule is CC(C)c1ccccc1NC(=O)COC=O. The smallest absolute Gasteiger partial charge is 0.293 e. The molecule has 1 amide bonds. The number of carbonyl (C=O) groups excluding carboxylic acids is 2. The van der Waals surface area contributed by atoms with Crippen molar-refractivity contribution in [1.82, 2.24) is 0 Å². The van der Waals surface area contributed by atoms with E-state index in [0.29, 0.717) is 5.92 Å². The molecule has 0 saturated carbocycles. The fraction of sp³-hybridized carbons (Fsp3) is 0.333.